The molecule has 1 heterocycles. The number of aromatic nitrogens is 3. The first-order valence-electron chi connectivity index (χ1n) is 8.51. The summed E-state index contributed by atoms with van der Waals surface area (Å²) >= 11 is 5.85. The minimum Gasteiger partial charge on any atom is -0.348 e. The molecule has 1 aromatic carbocycles. The Kier molecular flexibility index (Phi) is 6.94. The SMILES string of the molecule is C=CCn1c(=O)n(CC=C)c(=O)n(CC(=O)NC(C)c2ccc(Cl)cc2)c1=O. The molecule has 1 N–H and O–H groups in total. The van der Waals surface area contributed by atoms with E-state index in [0.29, 0.717) is 5.02 Å². The van der Waals surface area contributed by atoms with Crippen molar-refractivity contribution < 1.29 is 4.79 Å². The van der Waals surface area contributed by atoms with Crippen LogP contribution < -0.4 is 22.4 Å². The van der Waals surface area contributed by atoms with E-state index in [4.69, 9.17) is 11.6 Å². The fraction of sp³-hybridized carbons (Fsp3) is 0.263. The zero-order valence-electron chi connectivity index (χ0n) is 15.4. The monoisotopic (exact) mass is 404 g/mol. The molecule has 0 aliphatic rings. The summed E-state index contributed by atoms with van der Waals surface area (Å²) < 4.78 is 2.40. The number of rotatable bonds is 8. The Morgan fingerprint density at radius 2 is 1.46 bits per heavy atom. The van der Waals surface area contributed by atoms with Crippen molar-refractivity contribution in [1.29, 1.82) is 0 Å². The van der Waals surface area contributed by atoms with Gasteiger partial charge in [0.25, 0.3) is 0 Å². The zero-order valence-corrected chi connectivity index (χ0v) is 16.2. The van der Waals surface area contributed by atoms with Crippen molar-refractivity contribution in [1.82, 2.24) is 19.0 Å². The third-order valence-corrected chi connectivity index (χ3v) is 4.31. The quantitative estimate of drug-likeness (QED) is 0.666. The van der Waals surface area contributed by atoms with Crippen molar-refractivity contribution in [2.75, 3.05) is 0 Å². The highest BCUT2D eigenvalue weighted by atomic mass is 35.5. The predicted octanol–water partition coefficient (Wildman–Crippen LogP) is 1.07. The van der Waals surface area contributed by atoms with Gasteiger partial charge in [-0.25, -0.2) is 28.1 Å². The minimum atomic E-state index is -0.871. The minimum absolute atomic E-state index is 0.0854. The van der Waals surface area contributed by atoms with Crippen LogP contribution in [0, 0.1) is 0 Å². The van der Waals surface area contributed by atoms with Crippen LogP contribution >= 0.6 is 11.6 Å². The number of amides is 1. The number of hydrogen-bond donors (Lipinski definition) is 1. The average molecular weight is 405 g/mol. The van der Waals surface area contributed by atoms with Gasteiger partial charge in [-0.05, 0) is 24.6 Å². The Labute approximate surface area is 166 Å². The number of nitrogens with zero attached hydrogens (tertiary/aromatic N) is 3. The number of benzene rings is 1. The molecule has 1 atom stereocenters. The molecular weight excluding hydrogens is 384 g/mol. The molecule has 0 saturated carbocycles. The number of halogens is 1. The van der Waals surface area contributed by atoms with Crippen LogP contribution in [-0.2, 0) is 24.4 Å². The number of allylic oxidation sites excluding steroid dienone is 2. The molecular formula is C19H21ClN4O4. The summed E-state index contributed by atoms with van der Waals surface area (Å²) in [4.78, 5) is 49.8. The number of nitrogens with one attached hydrogen (secondary N) is 1. The predicted molar refractivity (Wildman–Crippen MR) is 108 cm³/mol. The van der Waals surface area contributed by atoms with Gasteiger partial charge in [0.15, 0.2) is 0 Å². The normalized spacial score (nSPS) is 11.6. The maximum atomic E-state index is 12.5. The fourth-order valence-corrected chi connectivity index (χ4v) is 2.78. The lowest BCUT2D eigenvalue weighted by atomic mass is 10.1. The summed E-state index contributed by atoms with van der Waals surface area (Å²) in [6, 6.07) is 6.56. The summed E-state index contributed by atoms with van der Waals surface area (Å²) in [5, 5.41) is 3.29. The van der Waals surface area contributed by atoms with Crippen LogP contribution in [-0.4, -0.2) is 19.6 Å². The first kappa shape index (κ1) is 21.2. The number of hydrogen-bond acceptors (Lipinski definition) is 4. The zero-order chi connectivity index (χ0) is 20.8. The molecule has 8 nitrogen and oxygen atoms in total. The van der Waals surface area contributed by atoms with Gasteiger partial charge in [0, 0.05) is 5.02 Å². The van der Waals surface area contributed by atoms with Gasteiger partial charge in [-0.3, -0.25) is 4.79 Å². The lowest BCUT2D eigenvalue weighted by Crippen LogP contribution is -2.55. The first-order chi connectivity index (χ1) is 13.3. The summed E-state index contributed by atoms with van der Waals surface area (Å²) in [6.45, 7) is 8.07. The molecule has 0 radical (unpaired) electrons. The Morgan fingerprint density at radius 1 is 1.00 bits per heavy atom. The van der Waals surface area contributed by atoms with Gasteiger partial charge in [-0.1, -0.05) is 35.9 Å². The van der Waals surface area contributed by atoms with Crippen LogP contribution in [0.3, 0.4) is 0 Å². The van der Waals surface area contributed by atoms with Crippen molar-refractivity contribution in [3.05, 3.63) is 91.6 Å². The van der Waals surface area contributed by atoms with E-state index in [-0.39, 0.29) is 19.1 Å². The highest BCUT2D eigenvalue weighted by Gasteiger charge is 2.17. The largest absolute Gasteiger partial charge is 0.348 e. The van der Waals surface area contributed by atoms with E-state index < -0.39 is 29.5 Å². The van der Waals surface area contributed by atoms with Gasteiger partial charge in [0.1, 0.15) is 6.54 Å². The molecule has 9 heteroatoms. The molecule has 0 aliphatic heterocycles. The van der Waals surface area contributed by atoms with E-state index in [1.165, 1.54) is 12.2 Å². The maximum Gasteiger partial charge on any atom is 0.337 e. The third-order valence-electron chi connectivity index (χ3n) is 4.06. The highest BCUT2D eigenvalue weighted by molar-refractivity contribution is 6.30. The molecule has 0 fully saturated rings. The Morgan fingerprint density at radius 3 is 1.93 bits per heavy atom. The van der Waals surface area contributed by atoms with Crippen molar-refractivity contribution in [3.63, 3.8) is 0 Å². The molecule has 148 valence electrons. The van der Waals surface area contributed by atoms with Crippen molar-refractivity contribution in [3.8, 4) is 0 Å². The van der Waals surface area contributed by atoms with Crippen LogP contribution in [0.1, 0.15) is 18.5 Å². The number of carbonyl (C=O) groups is 1. The molecule has 0 bridgehead atoms. The average Bonchev–Trinajstić information content (AvgIpc) is 2.66. The third kappa shape index (κ3) is 4.58. The van der Waals surface area contributed by atoms with Crippen molar-refractivity contribution in [2.45, 2.75) is 32.6 Å². The van der Waals surface area contributed by atoms with Crippen LogP contribution in [0.2, 0.25) is 5.02 Å². The summed E-state index contributed by atoms with van der Waals surface area (Å²) in [6.07, 6.45) is 2.72. The van der Waals surface area contributed by atoms with Gasteiger partial charge >= 0.3 is 17.1 Å². The topological polar surface area (TPSA) is 95.1 Å². The molecule has 2 aromatic rings. The first-order valence-corrected chi connectivity index (χ1v) is 8.89. The lowest BCUT2D eigenvalue weighted by Gasteiger charge is -2.16. The van der Waals surface area contributed by atoms with Crippen LogP contribution in [0.25, 0.3) is 0 Å². The highest BCUT2D eigenvalue weighted by Crippen LogP contribution is 2.15. The van der Waals surface area contributed by atoms with E-state index >= 15 is 0 Å². The summed E-state index contributed by atoms with van der Waals surface area (Å²) in [5.41, 5.74) is -1.71. The second kappa shape index (κ2) is 9.18. The van der Waals surface area contributed by atoms with E-state index in [1.54, 1.807) is 31.2 Å². The van der Waals surface area contributed by atoms with Crippen LogP contribution in [0.4, 0.5) is 0 Å². The van der Waals surface area contributed by atoms with Gasteiger partial charge in [-0.15, -0.1) is 13.2 Å². The van der Waals surface area contributed by atoms with Crippen molar-refractivity contribution >= 4 is 17.5 Å². The van der Waals surface area contributed by atoms with Gasteiger partial charge in [-0.2, -0.15) is 0 Å². The Hall–Kier alpha value is -3.13. The molecule has 28 heavy (non-hydrogen) atoms. The van der Waals surface area contributed by atoms with Gasteiger partial charge < -0.3 is 5.32 Å². The summed E-state index contributed by atoms with van der Waals surface area (Å²) in [7, 11) is 0. The molecule has 1 aromatic heterocycles. The lowest BCUT2D eigenvalue weighted by molar-refractivity contribution is -0.122. The van der Waals surface area contributed by atoms with E-state index in [2.05, 4.69) is 18.5 Å². The second-order valence-corrected chi connectivity index (χ2v) is 6.51. The van der Waals surface area contributed by atoms with Crippen LogP contribution in [0.15, 0.2) is 64.0 Å². The van der Waals surface area contributed by atoms with Crippen molar-refractivity contribution in [2.24, 2.45) is 0 Å². The smallest absolute Gasteiger partial charge is 0.337 e. The van der Waals surface area contributed by atoms with E-state index in [9.17, 15) is 19.2 Å². The Bertz CT molecular complexity index is 1020. The standard InChI is InChI=1S/C19H21ClN4O4/c1-4-10-22-17(26)23(11-5-2)19(28)24(18(22)27)12-16(25)21-13(3)14-6-8-15(20)9-7-14/h4-9,13H,1-2,10-12H2,3H3,(H,21,25). The second-order valence-electron chi connectivity index (χ2n) is 6.07. The molecule has 1 amide bonds. The molecule has 0 spiro atoms. The van der Waals surface area contributed by atoms with E-state index in [0.717, 1.165) is 19.3 Å². The molecule has 1 unspecified atom stereocenters. The fourth-order valence-electron chi connectivity index (χ4n) is 2.65. The molecule has 2 rings (SSSR count). The molecule has 0 aliphatic carbocycles. The molecule has 0 saturated heterocycles. The maximum absolute atomic E-state index is 12.5. The van der Waals surface area contributed by atoms with Gasteiger partial charge in [0.05, 0.1) is 19.1 Å². The van der Waals surface area contributed by atoms with E-state index in [1.807, 2.05) is 0 Å². The summed E-state index contributed by atoms with van der Waals surface area (Å²) in [5.74, 6) is -0.546. The van der Waals surface area contributed by atoms with Crippen LogP contribution in [0.5, 0.6) is 0 Å². The Balaban J connectivity index is 2.35. The number of carbonyl (C=O) groups excluding carboxylic acids is 1. The van der Waals surface area contributed by atoms with Gasteiger partial charge in [0.2, 0.25) is 5.91 Å².